The normalized spacial score (nSPS) is 12.0. The fourth-order valence-corrected chi connectivity index (χ4v) is 2.50. The van der Waals surface area contributed by atoms with Crippen molar-refractivity contribution >= 4 is 30.0 Å². The highest BCUT2D eigenvalue weighted by atomic mass is 35.5. The summed E-state index contributed by atoms with van der Waals surface area (Å²) < 4.78 is 43.7. The molecule has 0 aliphatic heterocycles. The number of carbonyl (C=O) groups is 2. The Kier molecular flexibility index (Phi) is 7.37. The lowest BCUT2D eigenvalue weighted by Gasteiger charge is -2.10. The van der Waals surface area contributed by atoms with Crippen molar-refractivity contribution in [3.63, 3.8) is 0 Å². The molecule has 1 unspecified atom stereocenters. The van der Waals surface area contributed by atoms with Gasteiger partial charge in [-0.05, 0) is 36.4 Å². The number of rotatable bonds is 6. The van der Waals surface area contributed by atoms with Crippen LogP contribution in [-0.4, -0.2) is 33.2 Å². The van der Waals surface area contributed by atoms with Gasteiger partial charge < -0.3 is 20.7 Å². The number of hydrogen-bond acceptors (Lipinski definition) is 6. The highest BCUT2D eigenvalue weighted by molar-refractivity contribution is 5.96. The van der Waals surface area contributed by atoms with Crippen molar-refractivity contribution in [2.45, 2.75) is 18.6 Å². The van der Waals surface area contributed by atoms with Gasteiger partial charge in [-0.2, -0.15) is 18.2 Å². The highest BCUT2D eigenvalue weighted by Gasteiger charge is 2.30. The van der Waals surface area contributed by atoms with Crippen LogP contribution in [0.1, 0.15) is 12.0 Å². The molecule has 0 saturated carbocycles. The molecule has 3 aromatic rings. The first-order valence-corrected chi connectivity index (χ1v) is 8.53. The van der Waals surface area contributed by atoms with Crippen molar-refractivity contribution in [3.8, 4) is 22.8 Å². The molecule has 0 aliphatic carbocycles. The van der Waals surface area contributed by atoms with Crippen LogP contribution < -0.4 is 11.1 Å². The van der Waals surface area contributed by atoms with Crippen LogP contribution >= 0.6 is 12.4 Å². The minimum absolute atomic E-state index is 0. The smallest absolute Gasteiger partial charge is 0.416 e. The Morgan fingerprint density at radius 1 is 1.13 bits per heavy atom. The van der Waals surface area contributed by atoms with Crippen LogP contribution in [0.15, 0.2) is 53.1 Å². The number of halogens is 4. The van der Waals surface area contributed by atoms with Crippen molar-refractivity contribution in [2.75, 3.05) is 5.32 Å². The van der Waals surface area contributed by atoms with Gasteiger partial charge in [-0.3, -0.25) is 9.59 Å². The van der Waals surface area contributed by atoms with E-state index >= 15 is 0 Å². The monoisotopic (exact) mass is 456 g/mol. The Morgan fingerprint density at radius 3 is 2.42 bits per heavy atom. The fraction of sp³-hybridized carbons (Fsp3) is 0.158. The van der Waals surface area contributed by atoms with E-state index in [-0.39, 0.29) is 29.7 Å². The van der Waals surface area contributed by atoms with Crippen molar-refractivity contribution in [1.82, 2.24) is 10.1 Å². The van der Waals surface area contributed by atoms with Crippen LogP contribution in [0.3, 0.4) is 0 Å². The summed E-state index contributed by atoms with van der Waals surface area (Å²) in [5.41, 5.74) is 5.64. The van der Waals surface area contributed by atoms with E-state index in [1.807, 2.05) is 0 Å². The molecule has 1 aromatic heterocycles. The van der Waals surface area contributed by atoms with E-state index in [0.717, 1.165) is 12.1 Å². The predicted molar refractivity (Wildman–Crippen MR) is 106 cm³/mol. The SMILES string of the molecule is Cl.NC(CC(=O)O)C(=O)Nc1ccc(-c2nc(-c3cccc(C(F)(F)F)c3)no2)cc1. The lowest BCUT2D eigenvalue weighted by Crippen LogP contribution is -2.37. The number of carboxylic acids is 1. The number of nitrogens with one attached hydrogen (secondary N) is 1. The third kappa shape index (κ3) is 6.03. The zero-order chi connectivity index (χ0) is 21.9. The summed E-state index contributed by atoms with van der Waals surface area (Å²) in [5.74, 6) is -1.79. The minimum atomic E-state index is -4.49. The third-order valence-corrected chi connectivity index (χ3v) is 4.00. The first kappa shape index (κ1) is 23.8. The summed E-state index contributed by atoms with van der Waals surface area (Å²) in [6.07, 6.45) is -5.00. The molecule has 8 nitrogen and oxygen atoms in total. The van der Waals surface area contributed by atoms with Gasteiger partial charge in [0.2, 0.25) is 11.7 Å². The zero-order valence-corrected chi connectivity index (χ0v) is 16.4. The van der Waals surface area contributed by atoms with Crippen LogP contribution in [0.4, 0.5) is 18.9 Å². The maximum Gasteiger partial charge on any atom is 0.416 e. The van der Waals surface area contributed by atoms with Crippen molar-refractivity contribution in [2.24, 2.45) is 5.73 Å². The van der Waals surface area contributed by atoms with E-state index in [2.05, 4.69) is 15.5 Å². The summed E-state index contributed by atoms with van der Waals surface area (Å²) >= 11 is 0. The van der Waals surface area contributed by atoms with E-state index in [4.69, 9.17) is 15.4 Å². The molecule has 0 bridgehead atoms. The molecular weight excluding hydrogens is 441 g/mol. The lowest BCUT2D eigenvalue weighted by atomic mass is 10.1. The van der Waals surface area contributed by atoms with Gasteiger partial charge in [0, 0.05) is 16.8 Å². The van der Waals surface area contributed by atoms with Crippen LogP contribution in [0.2, 0.25) is 0 Å². The molecule has 1 heterocycles. The average Bonchev–Trinajstić information content (AvgIpc) is 3.18. The Balaban J connectivity index is 0.00000341. The number of nitrogens with two attached hydrogens (primary N) is 1. The zero-order valence-electron chi connectivity index (χ0n) is 15.6. The molecule has 0 radical (unpaired) electrons. The average molecular weight is 457 g/mol. The number of alkyl halides is 3. The third-order valence-electron chi connectivity index (χ3n) is 4.00. The maximum atomic E-state index is 12.9. The maximum absolute atomic E-state index is 12.9. The van der Waals surface area contributed by atoms with Crippen LogP contribution in [0, 0.1) is 0 Å². The number of carboxylic acid groups (broad SMARTS) is 1. The molecular formula is C19H16ClF3N4O4. The topological polar surface area (TPSA) is 131 Å². The number of anilines is 1. The molecule has 0 aliphatic rings. The van der Waals surface area contributed by atoms with Gasteiger partial charge in [0.15, 0.2) is 0 Å². The number of aliphatic carboxylic acids is 1. The summed E-state index contributed by atoms with van der Waals surface area (Å²) in [4.78, 5) is 26.5. The van der Waals surface area contributed by atoms with Crippen LogP contribution in [0.25, 0.3) is 22.8 Å². The molecule has 2 aromatic carbocycles. The largest absolute Gasteiger partial charge is 0.481 e. The molecule has 4 N–H and O–H groups in total. The number of benzene rings is 2. The first-order chi connectivity index (χ1) is 14.1. The van der Waals surface area contributed by atoms with Crippen molar-refractivity contribution < 1.29 is 32.4 Å². The van der Waals surface area contributed by atoms with E-state index < -0.39 is 36.1 Å². The number of nitrogens with zero attached hydrogens (tertiary/aromatic N) is 2. The Labute approximate surface area is 179 Å². The second-order valence-corrected chi connectivity index (χ2v) is 6.27. The molecule has 164 valence electrons. The van der Waals surface area contributed by atoms with Gasteiger partial charge in [0.25, 0.3) is 5.89 Å². The highest BCUT2D eigenvalue weighted by Crippen LogP contribution is 2.32. The molecule has 3 rings (SSSR count). The van der Waals surface area contributed by atoms with Gasteiger partial charge in [0.1, 0.15) is 0 Å². The molecule has 0 fully saturated rings. The molecule has 12 heteroatoms. The molecule has 0 spiro atoms. The summed E-state index contributed by atoms with van der Waals surface area (Å²) in [6.45, 7) is 0. The number of hydrogen-bond donors (Lipinski definition) is 3. The van der Waals surface area contributed by atoms with Gasteiger partial charge in [-0.25, -0.2) is 0 Å². The van der Waals surface area contributed by atoms with Crippen LogP contribution in [0.5, 0.6) is 0 Å². The predicted octanol–water partition coefficient (Wildman–Crippen LogP) is 3.58. The number of amides is 1. The van der Waals surface area contributed by atoms with Crippen molar-refractivity contribution in [3.05, 3.63) is 54.1 Å². The molecule has 1 atom stereocenters. The standard InChI is InChI=1S/C19H15F3N4O4.ClH/c20-19(21,22)12-3-1-2-11(8-12)16-25-18(30-26-16)10-4-6-13(7-5-10)24-17(29)14(23)9-15(27)28;/h1-8,14H,9,23H2,(H,24,29)(H,27,28);1H. The number of aromatic nitrogens is 2. The Hall–Kier alpha value is -3.44. The number of carbonyl (C=O) groups excluding carboxylic acids is 1. The van der Waals surface area contributed by atoms with Gasteiger partial charge in [0.05, 0.1) is 18.0 Å². The van der Waals surface area contributed by atoms with Crippen molar-refractivity contribution in [1.29, 1.82) is 0 Å². The van der Waals surface area contributed by atoms with E-state index in [1.54, 1.807) is 12.1 Å². The van der Waals surface area contributed by atoms with E-state index in [0.29, 0.717) is 11.3 Å². The second kappa shape index (κ2) is 9.58. The van der Waals surface area contributed by atoms with Crippen LogP contribution in [-0.2, 0) is 15.8 Å². The summed E-state index contributed by atoms with van der Waals surface area (Å²) in [6, 6.07) is 9.46. The molecule has 1 amide bonds. The van der Waals surface area contributed by atoms with E-state index in [9.17, 15) is 22.8 Å². The van der Waals surface area contributed by atoms with E-state index in [1.165, 1.54) is 24.3 Å². The Bertz CT molecular complexity index is 1070. The van der Waals surface area contributed by atoms with Gasteiger partial charge in [-0.1, -0.05) is 17.3 Å². The molecule has 0 saturated heterocycles. The molecule has 31 heavy (non-hydrogen) atoms. The second-order valence-electron chi connectivity index (χ2n) is 6.27. The summed E-state index contributed by atoms with van der Waals surface area (Å²) in [7, 11) is 0. The van der Waals surface area contributed by atoms with Gasteiger partial charge >= 0.3 is 12.1 Å². The van der Waals surface area contributed by atoms with Gasteiger partial charge in [-0.15, -0.1) is 12.4 Å². The minimum Gasteiger partial charge on any atom is -0.481 e. The lowest BCUT2D eigenvalue weighted by molar-refractivity contribution is -0.139. The summed E-state index contributed by atoms with van der Waals surface area (Å²) in [5, 5.41) is 14.9. The first-order valence-electron chi connectivity index (χ1n) is 8.53. The fourth-order valence-electron chi connectivity index (χ4n) is 2.50. The quantitative estimate of drug-likeness (QED) is 0.516. The Morgan fingerprint density at radius 2 is 1.81 bits per heavy atom.